The molecule has 0 bridgehead atoms. The maximum absolute atomic E-state index is 10.5. The van der Waals surface area contributed by atoms with Gasteiger partial charge in [0.15, 0.2) is 0 Å². The van der Waals surface area contributed by atoms with Crippen LogP contribution >= 0.6 is 11.8 Å². The van der Waals surface area contributed by atoms with Crippen LogP contribution in [0.15, 0.2) is 35.8 Å². The van der Waals surface area contributed by atoms with Crippen LogP contribution in [0.4, 0.5) is 0 Å². The van der Waals surface area contributed by atoms with E-state index in [1.54, 1.807) is 24.2 Å². The normalized spacial score (nSPS) is 18.4. The van der Waals surface area contributed by atoms with Crippen LogP contribution in [0.5, 0.6) is 0 Å². The van der Waals surface area contributed by atoms with Gasteiger partial charge in [0.25, 0.3) is 6.20 Å². The molecule has 1 aromatic heterocycles. The molecule has 0 aromatic carbocycles. The second-order valence-electron chi connectivity index (χ2n) is 3.74. The molecule has 17 heavy (non-hydrogen) atoms. The van der Waals surface area contributed by atoms with Gasteiger partial charge in [-0.2, -0.15) is 0 Å². The second-order valence-corrected chi connectivity index (χ2v) is 4.85. The summed E-state index contributed by atoms with van der Waals surface area (Å²) >= 11 is 1.54. The number of hydrogen-bond acceptors (Lipinski definition) is 5. The van der Waals surface area contributed by atoms with Gasteiger partial charge in [-0.05, 0) is 18.1 Å². The van der Waals surface area contributed by atoms with Crippen molar-refractivity contribution in [2.24, 2.45) is 0 Å². The summed E-state index contributed by atoms with van der Waals surface area (Å²) in [6.45, 7) is 1.54. The number of aromatic nitrogens is 1. The number of nitro groups is 1. The lowest BCUT2D eigenvalue weighted by atomic mass is 10.2. The van der Waals surface area contributed by atoms with Crippen LogP contribution in [0.2, 0.25) is 0 Å². The highest BCUT2D eigenvalue weighted by atomic mass is 32.2. The van der Waals surface area contributed by atoms with Crippen molar-refractivity contribution in [2.75, 3.05) is 12.3 Å². The molecule has 1 aromatic rings. The summed E-state index contributed by atoms with van der Waals surface area (Å²) in [7, 11) is 0. The molecule has 1 aliphatic heterocycles. The van der Waals surface area contributed by atoms with Crippen LogP contribution < -0.4 is 0 Å². The summed E-state index contributed by atoms with van der Waals surface area (Å²) in [6.07, 6.45) is 5.67. The number of rotatable bonds is 3. The van der Waals surface area contributed by atoms with Crippen molar-refractivity contribution < 1.29 is 4.92 Å². The first-order chi connectivity index (χ1) is 8.25. The molecule has 2 rings (SSSR count). The molecule has 0 amide bonds. The van der Waals surface area contributed by atoms with E-state index >= 15 is 0 Å². The Kier molecular flexibility index (Phi) is 3.98. The summed E-state index contributed by atoms with van der Waals surface area (Å²) in [6, 6.07) is 3.86. The molecule has 90 valence electrons. The predicted molar refractivity (Wildman–Crippen MR) is 66.8 cm³/mol. The van der Waals surface area contributed by atoms with Gasteiger partial charge >= 0.3 is 0 Å². The monoisotopic (exact) mass is 251 g/mol. The molecule has 1 saturated heterocycles. The lowest BCUT2D eigenvalue weighted by Crippen LogP contribution is -2.27. The van der Waals surface area contributed by atoms with Crippen LogP contribution in [0, 0.1) is 10.1 Å². The van der Waals surface area contributed by atoms with Gasteiger partial charge in [0.05, 0.1) is 4.92 Å². The third kappa shape index (κ3) is 3.45. The zero-order valence-corrected chi connectivity index (χ0v) is 10.1. The Morgan fingerprint density at radius 1 is 1.65 bits per heavy atom. The molecule has 0 saturated carbocycles. The molecule has 2 heterocycles. The molecule has 5 nitrogen and oxygen atoms in total. The lowest BCUT2D eigenvalue weighted by molar-refractivity contribution is -0.403. The zero-order chi connectivity index (χ0) is 12.1. The molecular weight excluding hydrogens is 238 g/mol. The topological polar surface area (TPSA) is 59.3 Å². The largest absolute Gasteiger partial charge is 0.357 e. The van der Waals surface area contributed by atoms with Gasteiger partial charge in [-0.15, -0.1) is 11.8 Å². The lowest BCUT2D eigenvalue weighted by Gasteiger charge is -2.29. The molecule has 1 aliphatic rings. The smallest absolute Gasteiger partial charge is 0.264 e. The summed E-state index contributed by atoms with van der Waals surface area (Å²) in [5.41, 5.74) is 1.07. The summed E-state index contributed by atoms with van der Waals surface area (Å²) < 4.78 is 0. The van der Waals surface area contributed by atoms with E-state index in [-0.39, 0.29) is 4.92 Å². The fourth-order valence-corrected chi connectivity index (χ4v) is 2.69. The Hall–Kier alpha value is -1.56. The van der Waals surface area contributed by atoms with Gasteiger partial charge < -0.3 is 4.90 Å². The number of thioether (sulfide) groups is 1. The molecule has 0 spiro atoms. The Labute approximate surface area is 104 Å². The average Bonchev–Trinajstić information content (AvgIpc) is 2.32. The van der Waals surface area contributed by atoms with Gasteiger partial charge in [-0.3, -0.25) is 15.1 Å². The Morgan fingerprint density at radius 2 is 2.53 bits per heavy atom. The Balaban J connectivity index is 2.09. The van der Waals surface area contributed by atoms with Gasteiger partial charge in [-0.25, -0.2) is 0 Å². The molecule has 6 heteroatoms. The zero-order valence-electron chi connectivity index (χ0n) is 9.28. The Bertz CT molecular complexity index is 422. The van der Waals surface area contributed by atoms with Crippen LogP contribution in [-0.2, 0) is 6.54 Å². The fraction of sp³-hybridized carbons (Fsp3) is 0.364. The van der Waals surface area contributed by atoms with Crippen molar-refractivity contribution in [1.29, 1.82) is 0 Å². The third-order valence-electron chi connectivity index (χ3n) is 2.45. The van der Waals surface area contributed by atoms with Crippen LogP contribution in [0.3, 0.4) is 0 Å². The van der Waals surface area contributed by atoms with E-state index in [2.05, 4.69) is 4.98 Å². The van der Waals surface area contributed by atoms with Crippen molar-refractivity contribution in [3.8, 4) is 0 Å². The van der Waals surface area contributed by atoms with Crippen molar-refractivity contribution in [3.05, 3.63) is 51.4 Å². The summed E-state index contributed by atoms with van der Waals surface area (Å²) in [5.74, 6) is 0.948. The average molecular weight is 251 g/mol. The highest BCUT2D eigenvalue weighted by Gasteiger charge is 2.18. The van der Waals surface area contributed by atoms with E-state index in [0.29, 0.717) is 6.54 Å². The molecule has 0 aliphatic carbocycles. The SMILES string of the molecule is O=[N+]([O-])C=C1SCCCN1Cc1cccnc1. The minimum atomic E-state index is -0.385. The number of pyridine rings is 1. The third-order valence-corrected chi connectivity index (χ3v) is 3.60. The van der Waals surface area contributed by atoms with Crippen LogP contribution in [-0.4, -0.2) is 27.1 Å². The van der Waals surface area contributed by atoms with Crippen molar-refractivity contribution in [1.82, 2.24) is 9.88 Å². The van der Waals surface area contributed by atoms with E-state index in [9.17, 15) is 10.1 Å². The number of hydrogen-bond donors (Lipinski definition) is 0. The van der Waals surface area contributed by atoms with Crippen molar-refractivity contribution >= 4 is 11.8 Å². The number of nitrogens with zero attached hydrogens (tertiary/aromatic N) is 3. The van der Waals surface area contributed by atoms with E-state index in [4.69, 9.17) is 0 Å². The van der Waals surface area contributed by atoms with Gasteiger partial charge in [0.1, 0.15) is 5.03 Å². The molecule has 1 fully saturated rings. The van der Waals surface area contributed by atoms with E-state index in [1.807, 2.05) is 17.0 Å². The van der Waals surface area contributed by atoms with E-state index in [0.717, 1.165) is 35.5 Å². The molecule has 0 unspecified atom stereocenters. The van der Waals surface area contributed by atoms with Crippen LogP contribution in [0.1, 0.15) is 12.0 Å². The van der Waals surface area contributed by atoms with E-state index in [1.165, 1.54) is 0 Å². The fourth-order valence-electron chi connectivity index (χ4n) is 1.71. The first-order valence-electron chi connectivity index (χ1n) is 5.37. The highest BCUT2D eigenvalue weighted by Crippen LogP contribution is 2.27. The van der Waals surface area contributed by atoms with Gasteiger partial charge in [-0.1, -0.05) is 6.07 Å². The minimum Gasteiger partial charge on any atom is -0.357 e. The van der Waals surface area contributed by atoms with Crippen molar-refractivity contribution in [2.45, 2.75) is 13.0 Å². The summed E-state index contributed by atoms with van der Waals surface area (Å²) in [5, 5.41) is 11.3. The van der Waals surface area contributed by atoms with E-state index < -0.39 is 0 Å². The van der Waals surface area contributed by atoms with Gasteiger partial charge in [0.2, 0.25) is 0 Å². The molecule has 0 atom stereocenters. The highest BCUT2D eigenvalue weighted by molar-refractivity contribution is 8.03. The molecular formula is C11H13N3O2S. The van der Waals surface area contributed by atoms with Crippen LogP contribution in [0.25, 0.3) is 0 Å². The standard InChI is InChI=1S/C11H13N3O2S/c15-14(16)9-11-13(5-2-6-17-11)8-10-3-1-4-12-7-10/h1,3-4,7,9H,2,5-6,8H2. The van der Waals surface area contributed by atoms with Gasteiger partial charge in [0, 0.05) is 31.2 Å². The Morgan fingerprint density at radius 3 is 3.24 bits per heavy atom. The molecule has 0 N–H and O–H groups in total. The maximum atomic E-state index is 10.5. The van der Waals surface area contributed by atoms with Crippen molar-refractivity contribution in [3.63, 3.8) is 0 Å². The predicted octanol–water partition coefficient (Wildman–Crippen LogP) is 2.10. The summed E-state index contributed by atoms with van der Waals surface area (Å²) in [4.78, 5) is 16.2. The maximum Gasteiger partial charge on any atom is 0.264 e. The minimum absolute atomic E-state index is 0.385. The molecule has 0 radical (unpaired) electrons. The second kappa shape index (κ2) is 5.67. The first kappa shape index (κ1) is 11.9. The first-order valence-corrected chi connectivity index (χ1v) is 6.36. The quantitative estimate of drug-likeness (QED) is 0.608.